The van der Waals surface area contributed by atoms with Crippen molar-refractivity contribution in [3.8, 4) is 0 Å². The molecule has 2 aromatic rings. The minimum atomic E-state index is -1.54. The first-order valence-corrected chi connectivity index (χ1v) is 29.3. The molecule has 0 saturated heterocycles. The van der Waals surface area contributed by atoms with Crippen LogP contribution in [0.15, 0.2) is 66.7 Å². The lowest BCUT2D eigenvalue weighted by molar-refractivity contribution is -0.135. The third-order valence-corrected chi connectivity index (χ3v) is 14.2. The van der Waals surface area contributed by atoms with Crippen LogP contribution >= 0.6 is 11.8 Å². The summed E-state index contributed by atoms with van der Waals surface area (Å²) in [6.45, 7) is 15.8. The number of thioether (sulfide) groups is 1. The number of allylic oxidation sites excluding steroid dienone is 1. The van der Waals surface area contributed by atoms with E-state index in [-0.39, 0.29) is 42.5 Å². The zero-order chi connectivity index (χ0) is 58.5. The van der Waals surface area contributed by atoms with Gasteiger partial charge in [0.15, 0.2) is 0 Å². The van der Waals surface area contributed by atoms with E-state index >= 15 is 0 Å². The summed E-state index contributed by atoms with van der Waals surface area (Å²) >= 11 is 1.53. The van der Waals surface area contributed by atoms with Crippen LogP contribution in [0.2, 0.25) is 0 Å². The molecule has 3 rings (SSSR count). The fourth-order valence-corrected chi connectivity index (χ4v) is 9.20. The second-order valence-corrected chi connectivity index (χ2v) is 22.5. The van der Waals surface area contributed by atoms with Crippen LogP contribution in [0, 0.1) is 5.92 Å². The molecule has 0 aliphatic heterocycles. The number of aliphatic hydroxyl groups excluding tert-OH is 1. The van der Waals surface area contributed by atoms with Crippen LogP contribution in [0.3, 0.4) is 0 Å². The van der Waals surface area contributed by atoms with Crippen molar-refractivity contribution in [2.24, 2.45) is 5.92 Å². The average molecular weight is 1120 g/mol. The highest BCUT2D eigenvalue weighted by Gasteiger charge is 2.33. The van der Waals surface area contributed by atoms with Gasteiger partial charge in [0.2, 0.25) is 47.3 Å². The second kappa shape index (κ2) is 35.3. The van der Waals surface area contributed by atoms with Crippen molar-refractivity contribution in [1.82, 2.24) is 52.8 Å². The van der Waals surface area contributed by atoms with E-state index < -0.39 is 103 Å². The quantitative estimate of drug-likeness (QED) is 0.0365. The Hall–Kier alpha value is -6.32. The number of rotatable bonds is 33. The molecular weight excluding hydrogens is 1030 g/mol. The zero-order valence-electron chi connectivity index (χ0n) is 48.0. The van der Waals surface area contributed by atoms with Gasteiger partial charge in [0.1, 0.15) is 36.3 Å². The molecule has 10 N–H and O–H groups in total. The lowest BCUT2D eigenvalue weighted by atomic mass is 9.86. The Morgan fingerprint density at radius 2 is 1.28 bits per heavy atom. The van der Waals surface area contributed by atoms with Gasteiger partial charge in [-0.1, -0.05) is 103 Å². The summed E-state index contributed by atoms with van der Waals surface area (Å²) in [6.07, 6.45) is 11.4. The van der Waals surface area contributed by atoms with Gasteiger partial charge in [0, 0.05) is 18.0 Å². The number of nitrogens with zero attached hydrogens (tertiary/aromatic N) is 1. The molecule has 0 aromatic heterocycles. The molecule has 0 fully saturated rings. The number of hydrogen-bond donors (Lipinski definition) is 10. The van der Waals surface area contributed by atoms with Crippen molar-refractivity contribution in [3.05, 3.63) is 83.4 Å². The van der Waals surface area contributed by atoms with Crippen molar-refractivity contribution in [2.45, 2.75) is 167 Å². The van der Waals surface area contributed by atoms with Crippen LogP contribution in [-0.2, 0) is 50.2 Å². The fraction of sp³-hybridized carbons (Fsp3) is 0.603. The van der Waals surface area contributed by atoms with Crippen molar-refractivity contribution in [1.29, 1.82) is 0 Å². The Balaban J connectivity index is 1.68. The van der Waals surface area contributed by atoms with E-state index in [2.05, 4.69) is 79.6 Å². The highest BCUT2D eigenvalue weighted by molar-refractivity contribution is 7.98. The monoisotopic (exact) mass is 1120 g/mol. The number of amides is 9. The molecule has 0 spiro atoms. The van der Waals surface area contributed by atoms with Crippen molar-refractivity contribution in [2.75, 3.05) is 51.3 Å². The maximum Gasteiger partial charge on any atom is 0.251 e. The Kier molecular flexibility index (Phi) is 29.9. The summed E-state index contributed by atoms with van der Waals surface area (Å²) in [4.78, 5) is 124. The Bertz CT molecular complexity index is 2310. The lowest BCUT2D eigenvalue weighted by Gasteiger charge is -2.27. The molecule has 9 amide bonds. The minimum absolute atomic E-state index is 0.0406. The summed E-state index contributed by atoms with van der Waals surface area (Å²) in [6, 6.07) is 9.21. The molecule has 0 saturated carbocycles. The molecule has 1 aliphatic carbocycles. The summed E-state index contributed by atoms with van der Waals surface area (Å²) in [5.41, 5.74) is 2.03. The molecule has 0 bridgehead atoms. The molecule has 20 nitrogen and oxygen atoms in total. The standard InChI is InChI=1S/C58H90N10O10S/c1-10-68(11-2)31-20-19-25-44(55(76)67-48(37-69)53(74)60-35-49(70)59-36-50(71)63-45(30-32-79-9)54(75)62-43-23-17-12-13-18-24-43)64-57(78)46(33-38(3)4)65-51(72)39(5)61-56(77)47(34-40-21-15-14-16-22-40)66-52(73)41-26-28-42(29-27-41)58(6,7)8/h12,14-17,21-22,26-29,38-39,43-48,69H,10-11,13,18-20,23-25,30-37H2,1-9H3,(H,59,70)(H,60,74)(H,61,77)(H,62,75)(H,63,71)(H,64,78)(H,65,72)(H,66,73)(H,67,76)/t39-,43?,44-,45-,46-,47-,48-/m0/s1. The van der Waals surface area contributed by atoms with E-state index in [1.54, 1.807) is 12.1 Å². The number of carbonyl (C=O) groups excluding carboxylic acids is 9. The number of carbonyl (C=O) groups is 9. The molecule has 0 radical (unpaired) electrons. The fourth-order valence-electron chi connectivity index (χ4n) is 8.73. The van der Waals surface area contributed by atoms with Gasteiger partial charge < -0.3 is 57.9 Å². The normalized spacial score (nSPS) is 15.7. The van der Waals surface area contributed by atoms with Gasteiger partial charge >= 0.3 is 0 Å². The van der Waals surface area contributed by atoms with Crippen molar-refractivity contribution < 1.29 is 48.3 Å². The van der Waals surface area contributed by atoms with Crippen molar-refractivity contribution in [3.63, 3.8) is 0 Å². The molecule has 0 heterocycles. The molecule has 1 aliphatic rings. The number of benzene rings is 2. The predicted molar refractivity (Wildman–Crippen MR) is 309 cm³/mol. The summed E-state index contributed by atoms with van der Waals surface area (Å²) in [5, 5.41) is 34.3. The molecule has 2 aromatic carbocycles. The number of aliphatic hydroxyl groups is 1. The molecule has 79 heavy (non-hydrogen) atoms. The van der Waals surface area contributed by atoms with Gasteiger partial charge in [0.05, 0.1) is 19.7 Å². The van der Waals surface area contributed by atoms with Gasteiger partial charge in [-0.25, -0.2) is 0 Å². The van der Waals surface area contributed by atoms with Crippen LogP contribution in [-0.4, -0.2) is 157 Å². The topological polar surface area (TPSA) is 285 Å². The van der Waals surface area contributed by atoms with E-state index in [1.807, 2.05) is 82.5 Å². The van der Waals surface area contributed by atoms with E-state index in [9.17, 15) is 48.3 Å². The third-order valence-electron chi connectivity index (χ3n) is 13.6. The van der Waals surface area contributed by atoms with E-state index in [0.29, 0.717) is 37.0 Å². The van der Waals surface area contributed by atoms with E-state index in [1.165, 1.54) is 18.7 Å². The second-order valence-electron chi connectivity index (χ2n) is 21.5. The summed E-state index contributed by atoms with van der Waals surface area (Å²) in [7, 11) is 0. The van der Waals surface area contributed by atoms with Crippen LogP contribution in [0.25, 0.3) is 0 Å². The van der Waals surface area contributed by atoms with Crippen LogP contribution < -0.4 is 47.9 Å². The van der Waals surface area contributed by atoms with E-state index in [4.69, 9.17) is 0 Å². The molecule has 21 heteroatoms. The maximum absolute atomic E-state index is 14.2. The number of hydrogen-bond acceptors (Lipinski definition) is 12. The van der Waals surface area contributed by atoms with Gasteiger partial charge in [-0.05, 0) is 131 Å². The van der Waals surface area contributed by atoms with Crippen LogP contribution in [0.4, 0.5) is 0 Å². The molecular formula is C58H90N10O10S. The lowest BCUT2D eigenvalue weighted by Crippen LogP contribution is -2.59. The van der Waals surface area contributed by atoms with Gasteiger partial charge in [-0.3, -0.25) is 43.2 Å². The summed E-state index contributed by atoms with van der Waals surface area (Å²) < 4.78 is 0. The molecule has 1 unspecified atom stereocenters. The number of unbranched alkanes of at least 4 members (excludes halogenated alkanes) is 1. The molecule has 7 atom stereocenters. The van der Waals surface area contributed by atoms with Gasteiger partial charge in [-0.2, -0.15) is 11.8 Å². The minimum Gasteiger partial charge on any atom is -0.394 e. The highest BCUT2D eigenvalue weighted by atomic mass is 32.2. The van der Waals surface area contributed by atoms with Crippen LogP contribution in [0.1, 0.15) is 135 Å². The van der Waals surface area contributed by atoms with Gasteiger partial charge in [-0.15, -0.1) is 0 Å². The Labute approximate surface area is 472 Å². The smallest absolute Gasteiger partial charge is 0.251 e. The van der Waals surface area contributed by atoms with Gasteiger partial charge in [0.25, 0.3) is 5.91 Å². The highest BCUT2D eigenvalue weighted by Crippen LogP contribution is 2.22. The maximum atomic E-state index is 14.2. The zero-order valence-corrected chi connectivity index (χ0v) is 48.8. The van der Waals surface area contributed by atoms with Crippen molar-refractivity contribution >= 4 is 64.9 Å². The first-order valence-electron chi connectivity index (χ1n) is 27.9. The SMILES string of the molecule is CCN(CC)CCCC[C@H](NC(=O)[C@H](CC(C)C)NC(=O)[C@H](C)NC(=O)[C@H](Cc1ccccc1)NC(=O)c1ccc(C(C)(C)C)cc1)C(=O)N[C@@H](CO)C(=O)NCC(=O)NCC(=O)N[C@@H](CCSC)C(=O)NC1CC=CCCC1. The predicted octanol–water partition coefficient (Wildman–Crippen LogP) is 2.92. The van der Waals surface area contributed by atoms with E-state index in [0.717, 1.165) is 50.0 Å². The largest absolute Gasteiger partial charge is 0.394 e. The first kappa shape index (κ1) is 67.0. The summed E-state index contributed by atoms with van der Waals surface area (Å²) in [5.74, 6) is -5.37. The molecule has 438 valence electrons. The first-order chi connectivity index (χ1) is 37.6. The van der Waals surface area contributed by atoms with Crippen LogP contribution in [0.5, 0.6) is 0 Å². The Morgan fingerprint density at radius 1 is 0.658 bits per heavy atom. The third kappa shape index (κ3) is 25.1. The average Bonchev–Trinajstić information content (AvgIpc) is 3.70. The Morgan fingerprint density at radius 3 is 1.91 bits per heavy atom. The number of nitrogens with one attached hydrogen (secondary N) is 9.